The fourth-order valence-corrected chi connectivity index (χ4v) is 3.79. The first-order valence-electron chi connectivity index (χ1n) is 5.07. The van der Waals surface area contributed by atoms with E-state index in [1.807, 2.05) is 6.26 Å². The average molecular weight is 315 g/mol. The summed E-state index contributed by atoms with van der Waals surface area (Å²) in [6.07, 6.45) is 1.90. The van der Waals surface area contributed by atoms with Gasteiger partial charge in [-0.15, -0.1) is 10.2 Å². The molecule has 6 nitrogen and oxygen atoms in total. The lowest BCUT2D eigenvalue weighted by Crippen LogP contribution is -1.93. The van der Waals surface area contributed by atoms with Gasteiger partial charge in [-0.3, -0.25) is 10.1 Å². The maximum Gasteiger partial charge on any atom is 0.283 e. The van der Waals surface area contributed by atoms with Crippen molar-refractivity contribution in [2.24, 2.45) is 0 Å². The molecule has 0 saturated carbocycles. The zero-order valence-corrected chi connectivity index (χ0v) is 12.2. The summed E-state index contributed by atoms with van der Waals surface area (Å²) in [5.41, 5.74) is 0.482. The number of hydrogen-bond donors (Lipinski definition) is 1. The highest BCUT2D eigenvalue weighted by atomic mass is 32.2. The Balaban J connectivity index is 2.31. The van der Waals surface area contributed by atoms with Crippen LogP contribution in [0.3, 0.4) is 0 Å². The zero-order chi connectivity index (χ0) is 13.8. The molecule has 19 heavy (non-hydrogen) atoms. The number of aromatic nitrogens is 2. The Labute approximate surface area is 121 Å². The monoisotopic (exact) mass is 315 g/mol. The summed E-state index contributed by atoms with van der Waals surface area (Å²) < 4.78 is 1.47. The van der Waals surface area contributed by atoms with Crippen molar-refractivity contribution in [3.05, 3.63) is 33.9 Å². The first-order valence-corrected chi connectivity index (χ1v) is 7.93. The van der Waals surface area contributed by atoms with Gasteiger partial charge in [-0.2, -0.15) is 0 Å². The van der Waals surface area contributed by atoms with Crippen LogP contribution in [0.1, 0.15) is 5.56 Å². The van der Waals surface area contributed by atoms with Crippen molar-refractivity contribution in [3.63, 3.8) is 0 Å². The summed E-state index contributed by atoms with van der Waals surface area (Å²) in [7, 11) is 0. The maximum absolute atomic E-state index is 11.0. The van der Waals surface area contributed by atoms with Crippen molar-refractivity contribution < 1.29 is 10.0 Å². The maximum atomic E-state index is 11.0. The molecular weight excluding hydrogens is 306 g/mol. The molecule has 0 spiro atoms. The van der Waals surface area contributed by atoms with Gasteiger partial charge in [0.1, 0.15) is 0 Å². The molecule has 2 aromatic rings. The second-order valence-corrected chi connectivity index (χ2v) is 6.68. The first-order chi connectivity index (χ1) is 9.13. The number of nitro groups is 1. The molecule has 0 aliphatic rings. The van der Waals surface area contributed by atoms with Gasteiger partial charge in [0.15, 0.2) is 8.68 Å². The molecule has 9 heteroatoms. The van der Waals surface area contributed by atoms with Gasteiger partial charge in [-0.05, 0) is 17.9 Å². The number of hydrogen-bond acceptors (Lipinski definition) is 8. The zero-order valence-electron chi connectivity index (χ0n) is 9.77. The van der Waals surface area contributed by atoms with Crippen LogP contribution in [0.5, 0.6) is 0 Å². The van der Waals surface area contributed by atoms with Gasteiger partial charge in [0.2, 0.25) is 0 Å². The minimum Gasteiger partial charge on any atom is -0.392 e. The van der Waals surface area contributed by atoms with Crippen molar-refractivity contribution in [3.8, 4) is 0 Å². The number of nitro benzene ring substituents is 1. The Morgan fingerprint density at radius 3 is 2.74 bits per heavy atom. The average Bonchev–Trinajstić information content (AvgIpc) is 2.86. The van der Waals surface area contributed by atoms with Gasteiger partial charge in [0, 0.05) is 6.07 Å². The second kappa shape index (κ2) is 6.33. The van der Waals surface area contributed by atoms with E-state index in [-0.39, 0.29) is 12.3 Å². The van der Waals surface area contributed by atoms with Crippen LogP contribution >= 0.6 is 34.9 Å². The van der Waals surface area contributed by atoms with Crippen molar-refractivity contribution in [2.45, 2.75) is 20.2 Å². The van der Waals surface area contributed by atoms with Gasteiger partial charge in [0.05, 0.1) is 16.4 Å². The molecule has 1 aromatic heterocycles. The van der Waals surface area contributed by atoms with Crippen LogP contribution in [0.15, 0.2) is 31.8 Å². The highest BCUT2D eigenvalue weighted by molar-refractivity contribution is 8.03. The van der Waals surface area contributed by atoms with Crippen LogP contribution in [-0.2, 0) is 6.61 Å². The lowest BCUT2D eigenvalue weighted by atomic mass is 10.2. The van der Waals surface area contributed by atoms with E-state index >= 15 is 0 Å². The Morgan fingerprint density at radius 2 is 2.16 bits per heavy atom. The molecule has 0 unspecified atom stereocenters. The van der Waals surface area contributed by atoms with Gasteiger partial charge in [-0.25, -0.2) is 0 Å². The third-order valence-corrected chi connectivity index (χ3v) is 5.18. The van der Waals surface area contributed by atoms with Gasteiger partial charge < -0.3 is 5.11 Å². The van der Waals surface area contributed by atoms with Crippen LogP contribution in [-0.4, -0.2) is 26.5 Å². The molecule has 1 aromatic carbocycles. The van der Waals surface area contributed by atoms with Crippen molar-refractivity contribution in [1.82, 2.24) is 10.2 Å². The predicted molar refractivity (Wildman–Crippen MR) is 74.8 cm³/mol. The Kier molecular flexibility index (Phi) is 4.75. The lowest BCUT2D eigenvalue weighted by Gasteiger charge is -2.02. The number of nitrogens with zero attached hydrogens (tertiary/aromatic N) is 3. The fraction of sp³-hybridized carbons (Fsp3) is 0.200. The van der Waals surface area contributed by atoms with E-state index in [1.54, 1.807) is 12.1 Å². The van der Waals surface area contributed by atoms with Gasteiger partial charge >= 0.3 is 0 Å². The standard InChI is InChI=1S/C10H9N3O3S3/c1-17-9-11-12-10(19-9)18-8-3-2-6(5-14)4-7(8)13(15)16/h2-4,14H,5H2,1H3. The van der Waals surface area contributed by atoms with E-state index in [2.05, 4.69) is 10.2 Å². The van der Waals surface area contributed by atoms with Crippen LogP contribution in [0, 0.1) is 10.1 Å². The molecule has 0 radical (unpaired) electrons. The molecule has 0 bridgehead atoms. The number of benzene rings is 1. The molecule has 0 aliphatic heterocycles. The summed E-state index contributed by atoms with van der Waals surface area (Å²) in [6, 6.07) is 4.65. The molecule has 0 saturated heterocycles. The van der Waals surface area contributed by atoms with E-state index in [0.29, 0.717) is 14.8 Å². The van der Waals surface area contributed by atoms with E-state index in [9.17, 15) is 10.1 Å². The van der Waals surface area contributed by atoms with Gasteiger partial charge in [-0.1, -0.05) is 40.9 Å². The highest BCUT2D eigenvalue weighted by Crippen LogP contribution is 2.37. The third-order valence-electron chi connectivity index (χ3n) is 2.16. The smallest absolute Gasteiger partial charge is 0.283 e. The molecule has 0 aliphatic carbocycles. The van der Waals surface area contributed by atoms with E-state index in [4.69, 9.17) is 5.11 Å². The van der Waals surface area contributed by atoms with Gasteiger partial charge in [0.25, 0.3) is 5.69 Å². The van der Waals surface area contributed by atoms with E-state index in [0.717, 1.165) is 4.34 Å². The largest absolute Gasteiger partial charge is 0.392 e. The molecule has 1 N–H and O–H groups in total. The quantitative estimate of drug-likeness (QED) is 0.515. The number of aliphatic hydroxyl groups excluding tert-OH is 1. The Morgan fingerprint density at radius 1 is 1.42 bits per heavy atom. The summed E-state index contributed by atoms with van der Waals surface area (Å²) in [5.74, 6) is 0. The second-order valence-electron chi connectivity index (χ2n) is 3.36. The first kappa shape index (κ1) is 14.3. The molecule has 100 valence electrons. The normalized spacial score (nSPS) is 10.6. The Hall–Kier alpha value is -1.16. The summed E-state index contributed by atoms with van der Waals surface area (Å²) in [6.45, 7) is -0.221. The Bertz CT molecular complexity index is 603. The summed E-state index contributed by atoms with van der Waals surface area (Å²) in [4.78, 5) is 11.0. The minimum absolute atomic E-state index is 0.0301. The topological polar surface area (TPSA) is 89.2 Å². The number of aliphatic hydroxyl groups is 1. The third kappa shape index (κ3) is 3.44. The SMILES string of the molecule is CSc1nnc(Sc2ccc(CO)cc2[N+](=O)[O-])s1. The molecule has 2 rings (SSSR count). The molecule has 0 fully saturated rings. The number of rotatable bonds is 5. The van der Waals surface area contributed by atoms with Crippen LogP contribution < -0.4 is 0 Å². The minimum atomic E-state index is -0.460. The van der Waals surface area contributed by atoms with Crippen molar-refractivity contribution in [2.75, 3.05) is 6.26 Å². The summed E-state index contributed by atoms with van der Waals surface area (Å²) in [5, 5.41) is 27.9. The molecule has 0 amide bonds. The van der Waals surface area contributed by atoms with E-state index in [1.165, 1.54) is 40.9 Å². The molecular formula is C10H9N3O3S3. The molecule has 0 atom stereocenters. The van der Waals surface area contributed by atoms with Crippen molar-refractivity contribution in [1.29, 1.82) is 0 Å². The fourth-order valence-electron chi connectivity index (χ4n) is 1.31. The highest BCUT2D eigenvalue weighted by Gasteiger charge is 2.17. The predicted octanol–water partition coefficient (Wildman–Crippen LogP) is 2.81. The number of thioether (sulfide) groups is 1. The summed E-state index contributed by atoms with van der Waals surface area (Å²) >= 11 is 4.08. The lowest BCUT2D eigenvalue weighted by molar-refractivity contribution is -0.387. The molecule has 1 heterocycles. The van der Waals surface area contributed by atoms with E-state index < -0.39 is 4.92 Å². The van der Waals surface area contributed by atoms with Crippen LogP contribution in [0.2, 0.25) is 0 Å². The van der Waals surface area contributed by atoms with Crippen molar-refractivity contribution >= 4 is 40.5 Å². The van der Waals surface area contributed by atoms with Crippen LogP contribution in [0.25, 0.3) is 0 Å². The van der Waals surface area contributed by atoms with Crippen LogP contribution in [0.4, 0.5) is 5.69 Å².